The average molecular weight is 339 g/mol. The van der Waals surface area contributed by atoms with Crippen LogP contribution < -0.4 is 0 Å². The molecule has 0 aliphatic carbocycles. The van der Waals surface area contributed by atoms with E-state index in [1.54, 1.807) is 18.3 Å². The van der Waals surface area contributed by atoms with Crippen molar-refractivity contribution in [3.05, 3.63) is 63.8 Å². The van der Waals surface area contributed by atoms with Gasteiger partial charge < -0.3 is 0 Å². The largest absolute Gasteiger partial charge is 0.270 e. The van der Waals surface area contributed by atoms with Gasteiger partial charge in [0.1, 0.15) is 5.01 Å². The average Bonchev–Trinajstić information content (AvgIpc) is 3.04. The summed E-state index contributed by atoms with van der Waals surface area (Å²) < 4.78 is 0. The third-order valence-corrected chi connectivity index (χ3v) is 4.59. The quantitative estimate of drug-likeness (QED) is 0.493. The number of benzene rings is 1. The van der Waals surface area contributed by atoms with E-state index in [2.05, 4.69) is 30.7 Å². The van der Waals surface area contributed by atoms with E-state index in [4.69, 9.17) is 0 Å². The second-order valence-corrected chi connectivity index (χ2v) is 7.37. The Labute approximate surface area is 144 Å². The Balaban J connectivity index is 2.04. The first-order valence-corrected chi connectivity index (χ1v) is 8.39. The number of hydrogen-bond acceptors (Lipinski definition) is 5. The second kappa shape index (κ2) is 6.13. The lowest BCUT2D eigenvalue weighted by atomic mass is 9.85. The van der Waals surface area contributed by atoms with Crippen LogP contribution in [0.15, 0.2) is 48.1 Å². The molecule has 0 radical (unpaired) electrons. The van der Waals surface area contributed by atoms with Crippen molar-refractivity contribution in [3.63, 3.8) is 0 Å². The van der Waals surface area contributed by atoms with Gasteiger partial charge in [0, 0.05) is 41.0 Å². The molecule has 0 unspecified atom stereocenters. The lowest BCUT2D eigenvalue weighted by molar-refractivity contribution is -0.384. The summed E-state index contributed by atoms with van der Waals surface area (Å²) >= 11 is 1.52. The van der Waals surface area contributed by atoms with Crippen molar-refractivity contribution >= 4 is 17.0 Å². The Morgan fingerprint density at radius 2 is 2.00 bits per heavy atom. The Morgan fingerprint density at radius 3 is 2.71 bits per heavy atom. The summed E-state index contributed by atoms with van der Waals surface area (Å²) in [5.74, 6) is 0. The fraction of sp³-hybridized carbons (Fsp3) is 0.222. The smallest absolute Gasteiger partial charge is 0.264 e. The molecule has 3 rings (SSSR count). The van der Waals surface area contributed by atoms with Gasteiger partial charge in [-0.15, -0.1) is 11.3 Å². The number of nitrogens with zero attached hydrogens (tertiary/aromatic N) is 3. The molecule has 3 aromatic rings. The zero-order valence-electron chi connectivity index (χ0n) is 13.7. The van der Waals surface area contributed by atoms with Gasteiger partial charge in [0.2, 0.25) is 0 Å². The molecular formula is C18H17N3O2S. The van der Waals surface area contributed by atoms with Crippen molar-refractivity contribution in [2.45, 2.75) is 26.2 Å². The Kier molecular flexibility index (Phi) is 4.15. The first-order chi connectivity index (χ1) is 11.4. The van der Waals surface area contributed by atoms with Gasteiger partial charge in [-0.2, -0.15) is 0 Å². The van der Waals surface area contributed by atoms with E-state index in [0.717, 1.165) is 21.8 Å². The minimum Gasteiger partial charge on any atom is -0.264 e. The highest BCUT2D eigenvalue weighted by molar-refractivity contribution is 7.13. The van der Waals surface area contributed by atoms with Crippen LogP contribution in [0.3, 0.4) is 0 Å². The third-order valence-electron chi connectivity index (χ3n) is 3.72. The van der Waals surface area contributed by atoms with Gasteiger partial charge in [0.15, 0.2) is 0 Å². The Morgan fingerprint density at radius 1 is 1.21 bits per heavy atom. The van der Waals surface area contributed by atoms with Crippen molar-refractivity contribution < 1.29 is 4.92 Å². The van der Waals surface area contributed by atoms with E-state index in [9.17, 15) is 10.1 Å². The number of nitro groups is 1. The highest BCUT2D eigenvalue weighted by Gasteiger charge is 2.20. The number of non-ortho nitro benzene ring substituents is 1. The van der Waals surface area contributed by atoms with Gasteiger partial charge in [-0.05, 0) is 17.0 Å². The number of hydrogen-bond donors (Lipinski definition) is 0. The van der Waals surface area contributed by atoms with Crippen LogP contribution in [-0.2, 0) is 5.41 Å². The molecule has 2 heterocycles. The molecule has 0 N–H and O–H groups in total. The van der Waals surface area contributed by atoms with E-state index in [1.165, 1.54) is 23.0 Å². The maximum Gasteiger partial charge on any atom is 0.270 e. The normalized spacial score (nSPS) is 11.5. The maximum atomic E-state index is 10.9. The van der Waals surface area contributed by atoms with Crippen molar-refractivity contribution in [1.29, 1.82) is 0 Å². The number of rotatable bonds is 3. The molecule has 0 saturated carbocycles. The summed E-state index contributed by atoms with van der Waals surface area (Å²) in [6.07, 6.45) is 3.62. The van der Waals surface area contributed by atoms with E-state index in [-0.39, 0.29) is 11.1 Å². The molecule has 0 atom stereocenters. The van der Waals surface area contributed by atoms with Crippen LogP contribution in [-0.4, -0.2) is 14.9 Å². The topological polar surface area (TPSA) is 68.9 Å². The fourth-order valence-corrected chi connectivity index (χ4v) is 3.38. The summed E-state index contributed by atoms with van der Waals surface area (Å²) in [6, 6.07) is 8.56. The second-order valence-electron chi connectivity index (χ2n) is 6.52. The Hall–Kier alpha value is -2.60. The van der Waals surface area contributed by atoms with Crippen LogP contribution in [0.2, 0.25) is 0 Å². The number of aromatic nitrogens is 2. The molecule has 0 saturated heterocycles. The molecule has 0 amide bonds. The molecule has 0 aliphatic heterocycles. The highest BCUT2D eigenvalue weighted by Crippen LogP contribution is 2.36. The molecule has 24 heavy (non-hydrogen) atoms. The summed E-state index contributed by atoms with van der Waals surface area (Å²) in [5.41, 5.74) is 3.72. The number of pyridine rings is 1. The highest BCUT2D eigenvalue weighted by atomic mass is 32.1. The zero-order chi connectivity index (χ0) is 17.3. The predicted molar refractivity (Wildman–Crippen MR) is 96.1 cm³/mol. The first kappa shape index (κ1) is 16.3. The van der Waals surface area contributed by atoms with Crippen LogP contribution in [0, 0.1) is 10.1 Å². The van der Waals surface area contributed by atoms with Crippen molar-refractivity contribution in [3.8, 4) is 21.8 Å². The van der Waals surface area contributed by atoms with Crippen LogP contribution in [0.4, 0.5) is 5.69 Å². The maximum absolute atomic E-state index is 10.9. The van der Waals surface area contributed by atoms with Crippen molar-refractivity contribution in [2.75, 3.05) is 0 Å². The van der Waals surface area contributed by atoms with Gasteiger partial charge in [0.05, 0.1) is 10.6 Å². The molecule has 6 heteroatoms. The fourth-order valence-electron chi connectivity index (χ4n) is 2.53. The summed E-state index contributed by atoms with van der Waals surface area (Å²) in [7, 11) is 0. The van der Waals surface area contributed by atoms with Gasteiger partial charge in [-0.3, -0.25) is 15.1 Å². The lowest BCUT2D eigenvalue weighted by Crippen LogP contribution is -2.12. The number of thiazole rings is 1. The molecule has 0 spiro atoms. The molecule has 5 nitrogen and oxygen atoms in total. The molecule has 0 fully saturated rings. The third kappa shape index (κ3) is 3.19. The number of nitro benzene ring substituents is 1. The predicted octanol–water partition coefficient (Wildman–Crippen LogP) is 5.08. The lowest BCUT2D eigenvalue weighted by Gasteiger charge is -2.21. The summed E-state index contributed by atoms with van der Waals surface area (Å²) in [4.78, 5) is 19.5. The van der Waals surface area contributed by atoms with Crippen molar-refractivity contribution in [1.82, 2.24) is 9.97 Å². The first-order valence-electron chi connectivity index (χ1n) is 7.51. The van der Waals surface area contributed by atoms with Gasteiger partial charge in [-0.1, -0.05) is 32.9 Å². The minimum atomic E-state index is -0.393. The van der Waals surface area contributed by atoms with Gasteiger partial charge >= 0.3 is 0 Å². The van der Waals surface area contributed by atoms with Gasteiger partial charge in [0.25, 0.3) is 5.69 Å². The molecule has 1 aromatic carbocycles. The van der Waals surface area contributed by atoms with Crippen LogP contribution >= 0.6 is 11.3 Å². The SMILES string of the molecule is CC(C)(C)c1ccncc1-c1nc(-c2cccc([N+](=O)[O-])c2)cs1. The summed E-state index contributed by atoms with van der Waals surface area (Å²) in [5, 5.41) is 13.7. The van der Waals surface area contributed by atoms with Crippen LogP contribution in [0.5, 0.6) is 0 Å². The molecular weight excluding hydrogens is 322 g/mol. The molecule has 0 bridgehead atoms. The molecule has 2 aromatic heterocycles. The van der Waals surface area contributed by atoms with Gasteiger partial charge in [-0.25, -0.2) is 4.98 Å². The Bertz CT molecular complexity index is 897. The monoisotopic (exact) mass is 339 g/mol. The summed E-state index contributed by atoms with van der Waals surface area (Å²) in [6.45, 7) is 6.46. The molecule has 122 valence electrons. The van der Waals surface area contributed by atoms with E-state index in [0.29, 0.717) is 0 Å². The van der Waals surface area contributed by atoms with E-state index < -0.39 is 4.92 Å². The standard InChI is InChI=1S/C18H17N3O2S/c1-18(2,3)15-7-8-19-10-14(15)17-20-16(11-24-17)12-5-4-6-13(9-12)21(22)23/h4-11H,1-3H3. The van der Waals surface area contributed by atoms with E-state index in [1.807, 2.05) is 23.7 Å². The minimum absolute atomic E-state index is 0.0182. The van der Waals surface area contributed by atoms with Crippen molar-refractivity contribution in [2.24, 2.45) is 0 Å². The molecule has 0 aliphatic rings. The zero-order valence-corrected chi connectivity index (χ0v) is 14.5. The van der Waals surface area contributed by atoms with Crippen LogP contribution in [0.25, 0.3) is 21.8 Å². The van der Waals surface area contributed by atoms with Crippen LogP contribution in [0.1, 0.15) is 26.3 Å². The van der Waals surface area contributed by atoms with E-state index >= 15 is 0 Å².